The number of halogens is 3. The lowest BCUT2D eigenvalue weighted by molar-refractivity contribution is -0.141. The van der Waals surface area contributed by atoms with Gasteiger partial charge >= 0.3 is 5.97 Å². The number of benzene rings is 1. The van der Waals surface area contributed by atoms with Crippen molar-refractivity contribution in [1.82, 2.24) is 0 Å². The Morgan fingerprint density at radius 2 is 1.94 bits per heavy atom. The topological polar surface area (TPSA) is 26.3 Å². The molecule has 1 saturated carbocycles. The molecule has 0 saturated heterocycles. The molecular weight excluding hydrogens is 262 g/mol. The molecule has 1 aliphatic carbocycles. The highest BCUT2D eigenvalue weighted by Gasteiger charge is 2.71. The standard InChI is InChI=1S/C13H13ClF2O2/c1-18-11(17)6-7-12(8-13(12,15)16)9-2-4-10(14)5-3-9/h2-5H,6-8H2,1H3. The maximum absolute atomic E-state index is 13.6. The fourth-order valence-corrected chi connectivity index (χ4v) is 2.38. The second-order valence-corrected chi connectivity index (χ2v) is 4.98. The Balaban J connectivity index is 2.19. The van der Waals surface area contributed by atoms with E-state index in [1.165, 1.54) is 7.11 Å². The van der Waals surface area contributed by atoms with Gasteiger partial charge in [-0.1, -0.05) is 23.7 Å². The van der Waals surface area contributed by atoms with Crippen molar-refractivity contribution in [2.24, 2.45) is 0 Å². The molecule has 0 aliphatic heterocycles. The monoisotopic (exact) mass is 274 g/mol. The Morgan fingerprint density at radius 1 is 1.39 bits per heavy atom. The van der Waals surface area contributed by atoms with E-state index in [-0.39, 0.29) is 19.3 Å². The van der Waals surface area contributed by atoms with Crippen LogP contribution in [0.5, 0.6) is 0 Å². The van der Waals surface area contributed by atoms with Gasteiger partial charge in [0.2, 0.25) is 0 Å². The van der Waals surface area contributed by atoms with Gasteiger partial charge in [0, 0.05) is 17.9 Å². The summed E-state index contributed by atoms with van der Waals surface area (Å²) < 4.78 is 31.7. The van der Waals surface area contributed by atoms with Crippen molar-refractivity contribution in [3.63, 3.8) is 0 Å². The van der Waals surface area contributed by atoms with Gasteiger partial charge in [0.05, 0.1) is 12.5 Å². The largest absolute Gasteiger partial charge is 0.469 e. The minimum atomic E-state index is -2.76. The Kier molecular flexibility index (Phi) is 3.32. The van der Waals surface area contributed by atoms with Crippen LogP contribution >= 0.6 is 11.6 Å². The summed E-state index contributed by atoms with van der Waals surface area (Å²) in [6.07, 6.45) is -0.137. The van der Waals surface area contributed by atoms with Gasteiger partial charge in [-0.15, -0.1) is 0 Å². The molecule has 1 aromatic rings. The molecular formula is C13H13ClF2O2. The fraction of sp³-hybridized carbons (Fsp3) is 0.462. The minimum Gasteiger partial charge on any atom is -0.469 e. The van der Waals surface area contributed by atoms with Gasteiger partial charge in [-0.25, -0.2) is 8.78 Å². The van der Waals surface area contributed by atoms with Crippen LogP contribution in [0.4, 0.5) is 8.78 Å². The van der Waals surface area contributed by atoms with E-state index in [1.807, 2.05) is 0 Å². The van der Waals surface area contributed by atoms with Crippen LogP contribution in [0, 0.1) is 0 Å². The highest BCUT2D eigenvalue weighted by atomic mass is 35.5. The first-order valence-corrected chi connectivity index (χ1v) is 6.00. The summed E-state index contributed by atoms with van der Waals surface area (Å²) in [5.41, 5.74) is -0.702. The number of rotatable bonds is 4. The number of hydrogen-bond donors (Lipinski definition) is 0. The molecule has 18 heavy (non-hydrogen) atoms. The zero-order chi connectivity index (χ0) is 13.4. The van der Waals surface area contributed by atoms with Crippen LogP contribution in [0.15, 0.2) is 24.3 Å². The molecule has 0 spiro atoms. The van der Waals surface area contributed by atoms with E-state index in [0.717, 1.165) is 0 Å². The van der Waals surface area contributed by atoms with E-state index >= 15 is 0 Å². The summed E-state index contributed by atoms with van der Waals surface area (Å²) in [5, 5.41) is 0.505. The Bertz CT molecular complexity index is 459. The van der Waals surface area contributed by atoms with Crippen LogP contribution < -0.4 is 0 Å². The molecule has 1 aliphatic rings. The summed E-state index contributed by atoms with van der Waals surface area (Å²) >= 11 is 5.74. The van der Waals surface area contributed by atoms with Gasteiger partial charge in [-0.05, 0) is 24.1 Å². The summed E-state index contributed by atoms with van der Waals surface area (Å²) in [7, 11) is 1.25. The number of carbonyl (C=O) groups is 1. The summed E-state index contributed by atoms with van der Waals surface area (Å²) in [6, 6.07) is 6.37. The Labute approximate surface area is 109 Å². The van der Waals surface area contributed by atoms with E-state index in [9.17, 15) is 13.6 Å². The molecule has 0 bridgehead atoms. The number of esters is 1. The van der Waals surface area contributed by atoms with Gasteiger partial charge in [0.25, 0.3) is 5.92 Å². The molecule has 0 N–H and O–H groups in total. The van der Waals surface area contributed by atoms with Crippen molar-refractivity contribution < 1.29 is 18.3 Å². The van der Waals surface area contributed by atoms with Crippen LogP contribution in [0.25, 0.3) is 0 Å². The fourth-order valence-electron chi connectivity index (χ4n) is 2.25. The van der Waals surface area contributed by atoms with Crippen molar-refractivity contribution in [2.45, 2.75) is 30.6 Å². The normalized spacial score (nSPS) is 24.7. The van der Waals surface area contributed by atoms with E-state index in [0.29, 0.717) is 10.6 Å². The average molecular weight is 275 g/mol. The summed E-state index contributed by atoms with van der Waals surface area (Å²) in [4.78, 5) is 11.1. The zero-order valence-corrected chi connectivity index (χ0v) is 10.6. The van der Waals surface area contributed by atoms with Crippen molar-refractivity contribution in [2.75, 3.05) is 7.11 Å². The van der Waals surface area contributed by atoms with E-state index in [2.05, 4.69) is 4.74 Å². The molecule has 0 aromatic heterocycles. The number of carbonyl (C=O) groups excluding carboxylic acids is 1. The van der Waals surface area contributed by atoms with Crippen molar-refractivity contribution in [1.29, 1.82) is 0 Å². The first kappa shape index (κ1) is 13.3. The molecule has 5 heteroatoms. The second-order valence-electron chi connectivity index (χ2n) is 4.55. The molecule has 98 valence electrons. The van der Waals surface area contributed by atoms with Crippen molar-refractivity contribution in [3.8, 4) is 0 Å². The molecule has 1 fully saturated rings. The van der Waals surface area contributed by atoms with Crippen LogP contribution in [-0.2, 0) is 14.9 Å². The SMILES string of the molecule is COC(=O)CCC1(c2ccc(Cl)cc2)CC1(F)F. The van der Waals surface area contributed by atoms with Crippen LogP contribution in [0.2, 0.25) is 5.02 Å². The third-order valence-electron chi connectivity index (χ3n) is 3.48. The predicted molar refractivity (Wildman–Crippen MR) is 63.9 cm³/mol. The minimum absolute atomic E-state index is 0.00524. The smallest absolute Gasteiger partial charge is 0.305 e. The Morgan fingerprint density at radius 3 is 2.39 bits per heavy atom. The Hall–Kier alpha value is -1.16. The molecule has 0 amide bonds. The summed E-state index contributed by atoms with van der Waals surface area (Å²) in [5.74, 6) is -3.22. The van der Waals surface area contributed by atoms with Gasteiger partial charge < -0.3 is 4.74 Å². The number of ether oxygens (including phenoxy) is 1. The number of alkyl halides is 2. The number of methoxy groups -OCH3 is 1. The van der Waals surface area contributed by atoms with Gasteiger partial charge in [0.15, 0.2) is 0 Å². The number of hydrogen-bond acceptors (Lipinski definition) is 2. The van der Waals surface area contributed by atoms with E-state index in [1.54, 1.807) is 24.3 Å². The van der Waals surface area contributed by atoms with Gasteiger partial charge in [0.1, 0.15) is 0 Å². The molecule has 2 rings (SSSR count). The molecule has 1 aromatic carbocycles. The van der Waals surface area contributed by atoms with E-state index < -0.39 is 17.3 Å². The van der Waals surface area contributed by atoms with Crippen LogP contribution in [-0.4, -0.2) is 19.0 Å². The van der Waals surface area contributed by atoms with Crippen molar-refractivity contribution >= 4 is 17.6 Å². The third-order valence-corrected chi connectivity index (χ3v) is 3.73. The molecule has 0 radical (unpaired) electrons. The lowest BCUT2D eigenvalue weighted by atomic mass is 9.90. The zero-order valence-electron chi connectivity index (χ0n) is 9.88. The lowest BCUT2D eigenvalue weighted by Gasteiger charge is -2.16. The van der Waals surface area contributed by atoms with Crippen molar-refractivity contribution in [3.05, 3.63) is 34.9 Å². The van der Waals surface area contributed by atoms with E-state index in [4.69, 9.17) is 11.6 Å². The quantitative estimate of drug-likeness (QED) is 0.785. The van der Waals surface area contributed by atoms with Gasteiger partial charge in [-0.3, -0.25) is 4.79 Å². The lowest BCUT2D eigenvalue weighted by Crippen LogP contribution is -2.18. The second kappa shape index (κ2) is 4.50. The third kappa shape index (κ3) is 2.21. The molecule has 1 unspecified atom stereocenters. The first-order chi connectivity index (χ1) is 8.41. The summed E-state index contributed by atoms with van der Waals surface area (Å²) in [6.45, 7) is 0. The first-order valence-electron chi connectivity index (χ1n) is 5.62. The maximum Gasteiger partial charge on any atom is 0.305 e. The average Bonchev–Trinajstić information content (AvgIpc) is 2.90. The van der Waals surface area contributed by atoms with Crippen LogP contribution in [0.3, 0.4) is 0 Å². The molecule has 2 nitrogen and oxygen atoms in total. The maximum atomic E-state index is 13.6. The van der Waals surface area contributed by atoms with Gasteiger partial charge in [-0.2, -0.15) is 0 Å². The highest BCUT2D eigenvalue weighted by molar-refractivity contribution is 6.30. The highest BCUT2D eigenvalue weighted by Crippen LogP contribution is 2.64. The van der Waals surface area contributed by atoms with Crippen LogP contribution in [0.1, 0.15) is 24.8 Å². The molecule has 1 atom stereocenters. The predicted octanol–water partition coefficient (Wildman–Crippen LogP) is 3.57. The molecule has 0 heterocycles.